The highest BCUT2D eigenvalue weighted by molar-refractivity contribution is 7.80. The molecule has 188 valence electrons. The summed E-state index contributed by atoms with van der Waals surface area (Å²) >= 11 is 12.2. The summed E-state index contributed by atoms with van der Waals surface area (Å²) < 4.78 is 0. The SMILES string of the molecule is Cc1ccc(C2C(c3ccc(Cl)cc3)=NN(c3ccccc3)C23C(=O)N(c2ccccc2)C(=S)N3C)cc1. The van der Waals surface area contributed by atoms with Crippen molar-refractivity contribution in [3.8, 4) is 0 Å². The monoisotopic (exact) mass is 536 g/mol. The quantitative estimate of drug-likeness (QED) is 0.275. The minimum Gasteiger partial charge on any atom is -0.318 e. The third-order valence-corrected chi connectivity index (χ3v) is 7.99. The minimum absolute atomic E-state index is 0.154. The van der Waals surface area contributed by atoms with Crippen LogP contribution >= 0.6 is 23.8 Å². The number of rotatable bonds is 4. The van der Waals surface area contributed by atoms with E-state index in [1.807, 2.05) is 102 Å². The summed E-state index contributed by atoms with van der Waals surface area (Å²) in [6.45, 7) is 2.05. The van der Waals surface area contributed by atoms with Gasteiger partial charge in [-0.05, 0) is 66.7 Å². The van der Waals surface area contributed by atoms with Crippen LogP contribution in [0.5, 0.6) is 0 Å². The molecule has 0 aliphatic carbocycles. The van der Waals surface area contributed by atoms with Gasteiger partial charge < -0.3 is 4.90 Å². The minimum atomic E-state index is -1.27. The van der Waals surface area contributed by atoms with Gasteiger partial charge in [-0.25, -0.2) is 5.01 Å². The number of hydrogen-bond acceptors (Lipinski definition) is 4. The first-order valence-electron chi connectivity index (χ1n) is 12.4. The van der Waals surface area contributed by atoms with Crippen molar-refractivity contribution in [1.82, 2.24) is 4.90 Å². The Morgan fingerprint density at radius 1 is 0.816 bits per heavy atom. The van der Waals surface area contributed by atoms with Crippen molar-refractivity contribution in [2.24, 2.45) is 5.10 Å². The predicted molar refractivity (Wildman–Crippen MR) is 158 cm³/mol. The number of likely N-dealkylation sites (N-methyl/N-ethyl adjacent to an activating group) is 1. The van der Waals surface area contributed by atoms with E-state index in [1.54, 1.807) is 4.90 Å². The number of anilines is 2. The van der Waals surface area contributed by atoms with Gasteiger partial charge in [-0.15, -0.1) is 0 Å². The summed E-state index contributed by atoms with van der Waals surface area (Å²) in [5.74, 6) is -0.605. The van der Waals surface area contributed by atoms with Crippen LogP contribution < -0.4 is 9.91 Å². The number of hydrazone groups is 1. The Hall–Kier alpha value is -4.00. The number of hydrogen-bond donors (Lipinski definition) is 0. The van der Waals surface area contributed by atoms with E-state index in [0.29, 0.717) is 10.1 Å². The average Bonchev–Trinajstić information content (AvgIpc) is 3.40. The fourth-order valence-corrected chi connectivity index (χ4v) is 5.87. The molecule has 2 unspecified atom stereocenters. The zero-order valence-electron chi connectivity index (χ0n) is 21.0. The van der Waals surface area contributed by atoms with E-state index >= 15 is 0 Å². The maximum Gasteiger partial charge on any atom is 0.283 e. The molecule has 1 saturated heterocycles. The van der Waals surface area contributed by atoms with Crippen molar-refractivity contribution in [3.63, 3.8) is 0 Å². The van der Waals surface area contributed by atoms with E-state index < -0.39 is 11.6 Å². The van der Waals surface area contributed by atoms with Crippen LogP contribution in [-0.2, 0) is 4.79 Å². The zero-order valence-corrected chi connectivity index (χ0v) is 22.5. The smallest absolute Gasteiger partial charge is 0.283 e. The van der Waals surface area contributed by atoms with E-state index in [9.17, 15) is 4.79 Å². The Kier molecular flexibility index (Phi) is 6.01. The molecule has 0 bridgehead atoms. The van der Waals surface area contributed by atoms with Gasteiger partial charge in [0.2, 0.25) is 5.66 Å². The number of nitrogens with zero attached hydrogens (tertiary/aromatic N) is 4. The maximum atomic E-state index is 14.9. The number of carbonyl (C=O) groups is 1. The molecule has 0 aromatic heterocycles. The molecule has 6 rings (SSSR count). The zero-order chi connectivity index (χ0) is 26.4. The molecule has 0 radical (unpaired) electrons. The second-order valence-corrected chi connectivity index (χ2v) is 10.3. The van der Waals surface area contributed by atoms with E-state index in [0.717, 1.165) is 33.8 Å². The van der Waals surface area contributed by atoms with Crippen LogP contribution in [0.25, 0.3) is 0 Å². The third kappa shape index (κ3) is 3.63. The molecule has 4 aromatic carbocycles. The van der Waals surface area contributed by atoms with E-state index in [4.69, 9.17) is 28.9 Å². The highest BCUT2D eigenvalue weighted by Crippen LogP contribution is 2.51. The van der Waals surface area contributed by atoms with Crippen LogP contribution in [0.3, 0.4) is 0 Å². The molecule has 1 spiro atoms. The molecule has 0 N–H and O–H groups in total. The van der Waals surface area contributed by atoms with E-state index in [-0.39, 0.29) is 5.91 Å². The highest BCUT2D eigenvalue weighted by Gasteiger charge is 2.67. The van der Waals surface area contributed by atoms with Crippen molar-refractivity contribution < 1.29 is 4.79 Å². The molecular weight excluding hydrogens is 512 g/mol. The number of benzene rings is 4. The molecule has 4 aromatic rings. The van der Waals surface area contributed by atoms with Gasteiger partial charge in [-0.2, -0.15) is 5.10 Å². The molecule has 5 nitrogen and oxygen atoms in total. The van der Waals surface area contributed by atoms with Gasteiger partial charge in [0.25, 0.3) is 5.91 Å². The summed E-state index contributed by atoms with van der Waals surface area (Å²) in [6.07, 6.45) is 0. The van der Waals surface area contributed by atoms with Gasteiger partial charge in [0, 0.05) is 12.1 Å². The molecular formula is C31H25ClN4OS. The normalized spacial score (nSPS) is 21.0. The predicted octanol–water partition coefficient (Wildman–Crippen LogP) is 6.62. The van der Waals surface area contributed by atoms with Crippen LogP contribution in [0, 0.1) is 6.92 Å². The first-order chi connectivity index (χ1) is 18.4. The Bertz CT molecular complexity index is 1540. The first-order valence-corrected chi connectivity index (χ1v) is 13.1. The first kappa shape index (κ1) is 24.3. The lowest BCUT2D eigenvalue weighted by atomic mass is 9.79. The van der Waals surface area contributed by atoms with Crippen LogP contribution in [0.15, 0.2) is 114 Å². The Balaban J connectivity index is 1.64. The van der Waals surface area contributed by atoms with Gasteiger partial charge in [-0.3, -0.25) is 9.69 Å². The molecule has 2 heterocycles. The average molecular weight is 537 g/mol. The lowest BCUT2D eigenvalue weighted by molar-refractivity contribution is -0.124. The number of carbonyl (C=O) groups excluding carboxylic acids is 1. The van der Waals surface area contributed by atoms with Gasteiger partial charge in [-0.1, -0.05) is 90.0 Å². The van der Waals surface area contributed by atoms with E-state index in [2.05, 4.69) is 31.2 Å². The third-order valence-electron chi connectivity index (χ3n) is 7.28. The van der Waals surface area contributed by atoms with Crippen molar-refractivity contribution in [3.05, 3.63) is 131 Å². The van der Waals surface area contributed by atoms with E-state index in [1.165, 1.54) is 0 Å². The highest BCUT2D eigenvalue weighted by atomic mass is 35.5. The standard InChI is InChI=1S/C31H25ClN4OS/c1-21-13-15-22(16-14-21)27-28(23-17-19-24(32)20-18-23)33-36(26-11-7-4-8-12-26)31(27)29(37)35(30(38)34(31)2)25-9-5-3-6-10-25/h3-20,27H,1-2H3. The Labute approximate surface area is 232 Å². The summed E-state index contributed by atoms with van der Waals surface area (Å²) in [6, 6.07) is 35.3. The molecule has 1 amide bonds. The summed E-state index contributed by atoms with van der Waals surface area (Å²) in [7, 11) is 1.89. The lowest BCUT2D eigenvalue weighted by Gasteiger charge is -2.41. The topological polar surface area (TPSA) is 39.2 Å². The maximum absolute atomic E-state index is 14.9. The molecule has 2 atom stereocenters. The summed E-state index contributed by atoms with van der Waals surface area (Å²) in [5, 5.41) is 8.10. The molecule has 0 saturated carbocycles. The fourth-order valence-electron chi connectivity index (χ4n) is 5.42. The second-order valence-electron chi connectivity index (χ2n) is 9.53. The summed E-state index contributed by atoms with van der Waals surface area (Å²) in [5.41, 5.74) is 4.03. The number of para-hydroxylation sites is 2. The number of amides is 1. The van der Waals surface area contributed by atoms with Gasteiger partial charge in [0.1, 0.15) is 0 Å². The second kappa shape index (κ2) is 9.39. The molecule has 7 heteroatoms. The van der Waals surface area contributed by atoms with Crippen LogP contribution in [-0.4, -0.2) is 34.3 Å². The fraction of sp³-hybridized carbons (Fsp3) is 0.129. The van der Waals surface area contributed by atoms with Crippen molar-refractivity contribution in [1.29, 1.82) is 0 Å². The number of thiocarbonyl (C=S) groups is 1. The Morgan fingerprint density at radius 3 is 2.00 bits per heavy atom. The van der Waals surface area contributed by atoms with Crippen LogP contribution in [0.4, 0.5) is 11.4 Å². The number of halogens is 1. The van der Waals surface area contributed by atoms with Crippen LogP contribution in [0.2, 0.25) is 5.02 Å². The van der Waals surface area contributed by atoms with Gasteiger partial charge in [0.15, 0.2) is 5.11 Å². The van der Waals surface area contributed by atoms with Crippen molar-refractivity contribution in [2.75, 3.05) is 17.0 Å². The lowest BCUT2D eigenvalue weighted by Crippen LogP contribution is -2.61. The largest absolute Gasteiger partial charge is 0.318 e. The molecule has 2 aliphatic heterocycles. The molecule has 1 fully saturated rings. The number of aryl methyl sites for hydroxylation is 1. The molecule has 38 heavy (non-hydrogen) atoms. The Morgan fingerprint density at radius 2 is 1.39 bits per heavy atom. The van der Waals surface area contributed by atoms with Crippen LogP contribution in [0.1, 0.15) is 22.6 Å². The van der Waals surface area contributed by atoms with Crippen molar-refractivity contribution in [2.45, 2.75) is 18.5 Å². The van der Waals surface area contributed by atoms with Crippen molar-refractivity contribution >= 4 is 51.9 Å². The van der Waals surface area contributed by atoms with Gasteiger partial charge >= 0.3 is 0 Å². The summed E-state index contributed by atoms with van der Waals surface area (Å²) in [4.78, 5) is 18.4. The molecule has 2 aliphatic rings. The van der Waals surface area contributed by atoms with Gasteiger partial charge in [0.05, 0.1) is 23.0 Å².